The first-order valence-electron chi connectivity index (χ1n) is 9.22. The zero-order valence-corrected chi connectivity index (χ0v) is 17.4. The number of rotatable bonds is 7. The van der Waals surface area contributed by atoms with Crippen molar-refractivity contribution in [1.82, 2.24) is 10.5 Å². The maximum absolute atomic E-state index is 13.3. The van der Waals surface area contributed by atoms with Crippen LogP contribution in [0, 0.1) is 12.7 Å². The lowest BCUT2D eigenvalue weighted by Crippen LogP contribution is -2.27. The van der Waals surface area contributed by atoms with Crippen molar-refractivity contribution in [3.63, 3.8) is 0 Å². The van der Waals surface area contributed by atoms with Crippen LogP contribution in [0.2, 0.25) is 0 Å². The summed E-state index contributed by atoms with van der Waals surface area (Å²) in [7, 11) is 4.58. The quantitative estimate of drug-likeness (QED) is 0.621. The van der Waals surface area contributed by atoms with Crippen LogP contribution in [-0.2, 0) is 0 Å². The third-order valence-electron chi connectivity index (χ3n) is 4.74. The van der Waals surface area contributed by atoms with Crippen LogP contribution in [0.15, 0.2) is 40.9 Å². The number of ether oxygens (including phenoxy) is 3. The summed E-state index contributed by atoms with van der Waals surface area (Å²) in [5.41, 5.74) is 1.98. The Morgan fingerprint density at radius 3 is 2.20 bits per heavy atom. The molecule has 0 saturated carbocycles. The van der Waals surface area contributed by atoms with Crippen LogP contribution in [0.4, 0.5) is 4.39 Å². The number of aromatic nitrogens is 1. The van der Waals surface area contributed by atoms with Crippen molar-refractivity contribution < 1.29 is 27.9 Å². The molecular formula is C22H23FN2O5. The largest absolute Gasteiger partial charge is 0.493 e. The monoisotopic (exact) mass is 414 g/mol. The summed E-state index contributed by atoms with van der Waals surface area (Å²) < 4.78 is 34.6. The Balaban J connectivity index is 1.90. The van der Waals surface area contributed by atoms with E-state index in [9.17, 15) is 9.18 Å². The van der Waals surface area contributed by atoms with Gasteiger partial charge in [-0.2, -0.15) is 0 Å². The van der Waals surface area contributed by atoms with Crippen LogP contribution in [-0.4, -0.2) is 32.4 Å². The van der Waals surface area contributed by atoms with E-state index in [1.165, 1.54) is 33.5 Å². The zero-order chi connectivity index (χ0) is 21.8. The highest BCUT2D eigenvalue weighted by Gasteiger charge is 2.24. The zero-order valence-electron chi connectivity index (χ0n) is 17.4. The van der Waals surface area contributed by atoms with Crippen molar-refractivity contribution in [1.29, 1.82) is 0 Å². The highest BCUT2D eigenvalue weighted by molar-refractivity contribution is 6.01. The van der Waals surface area contributed by atoms with Gasteiger partial charge < -0.3 is 24.1 Å². The van der Waals surface area contributed by atoms with Crippen molar-refractivity contribution in [3.8, 4) is 28.5 Å². The van der Waals surface area contributed by atoms with E-state index in [0.717, 1.165) is 5.56 Å². The van der Waals surface area contributed by atoms with Crippen molar-refractivity contribution in [2.45, 2.75) is 19.9 Å². The molecule has 158 valence electrons. The molecule has 30 heavy (non-hydrogen) atoms. The van der Waals surface area contributed by atoms with Crippen molar-refractivity contribution in [3.05, 3.63) is 59.1 Å². The summed E-state index contributed by atoms with van der Waals surface area (Å²) in [6, 6.07) is 8.86. The molecule has 1 atom stereocenters. The second-order valence-electron chi connectivity index (χ2n) is 6.62. The summed E-state index contributed by atoms with van der Waals surface area (Å²) in [6.45, 7) is 3.48. The number of benzene rings is 2. The van der Waals surface area contributed by atoms with Crippen molar-refractivity contribution in [2.75, 3.05) is 21.3 Å². The lowest BCUT2D eigenvalue weighted by molar-refractivity contribution is 0.0938. The van der Waals surface area contributed by atoms with Gasteiger partial charge in [0.25, 0.3) is 5.91 Å². The first-order chi connectivity index (χ1) is 14.4. The fraction of sp³-hybridized carbons (Fsp3) is 0.273. The van der Waals surface area contributed by atoms with Gasteiger partial charge >= 0.3 is 0 Å². The summed E-state index contributed by atoms with van der Waals surface area (Å²) in [4.78, 5) is 13.0. The SMILES string of the molecule is COc1cc([C@H](C)NC(=O)c2c(-c3ccc(F)cc3)noc2C)cc(OC)c1OC. The van der Waals surface area contributed by atoms with Gasteiger partial charge in [0.2, 0.25) is 5.75 Å². The van der Waals surface area contributed by atoms with E-state index in [1.807, 2.05) is 6.92 Å². The number of carbonyl (C=O) groups excluding carboxylic acids is 1. The van der Waals surface area contributed by atoms with Gasteiger partial charge in [0.1, 0.15) is 22.8 Å². The van der Waals surface area contributed by atoms with Crippen LogP contribution >= 0.6 is 0 Å². The number of nitrogens with zero attached hydrogens (tertiary/aromatic N) is 1. The van der Waals surface area contributed by atoms with Gasteiger partial charge in [-0.1, -0.05) is 5.16 Å². The Labute approximate surface area is 173 Å². The van der Waals surface area contributed by atoms with Gasteiger partial charge in [0.15, 0.2) is 11.5 Å². The molecule has 1 N–H and O–H groups in total. The minimum atomic E-state index is -0.387. The minimum Gasteiger partial charge on any atom is -0.493 e. The number of hydrogen-bond acceptors (Lipinski definition) is 6. The predicted molar refractivity (Wildman–Crippen MR) is 109 cm³/mol. The molecule has 0 bridgehead atoms. The molecule has 0 radical (unpaired) electrons. The molecule has 7 nitrogen and oxygen atoms in total. The van der Waals surface area contributed by atoms with E-state index in [0.29, 0.717) is 39.8 Å². The van der Waals surface area contributed by atoms with Gasteiger partial charge in [0.05, 0.1) is 27.4 Å². The summed E-state index contributed by atoms with van der Waals surface area (Å²) in [6.07, 6.45) is 0. The Morgan fingerprint density at radius 2 is 1.67 bits per heavy atom. The maximum atomic E-state index is 13.3. The van der Waals surface area contributed by atoms with Crippen LogP contribution < -0.4 is 19.5 Å². The molecule has 0 spiro atoms. The average molecular weight is 414 g/mol. The fourth-order valence-electron chi connectivity index (χ4n) is 3.15. The molecule has 1 amide bonds. The third-order valence-corrected chi connectivity index (χ3v) is 4.74. The molecule has 8 heteroatoms. The number of nitrogens with one attached hydrogen (secondary N) is 1. The molecule has 0 saturated heterocycles. The van der Waals surface area contributed by atoms with E-state index in [-0.39, 0.29) is 17.8 Å². The number of hydrogen-bond donors (Lipinski definition) is 1. The van der Waals surface area contributed by atoms with E-state index >= 15 is 0 Å². The molecule has 3 aromatic rings. The molecular weight excluding hydrogens is 391 g/mol. The molecule has 0 aliphatic heterocycles. The van der Waals surface area contributed by atoms with Gasteiger partial charge in [0, 0.05) is 5.56 Å². The lowest BCUT2D eigenvalue weighted by atomic mass is 10.0. The Bertz CT molecular complexity index is 1020. The van der Waals surface area contributed by atoms with Gasteiger partial charge in [-0.25, -0.2) is 4.39 Å². The number of methoxy groups -OCH3 is 3. The van der Waals surface area contributed by atoms with Gasteiger partial charge in [-0.3, -0.25) is 4.79 Å². The molecule has 0 aliphatic carbocycles. The third kappa shape index (κ3) is 4.07. The van der Waals surface area contributed by atoms with Crippen LogP contribution in [0.25, 0.3) is 11.3 Å². The lowest BCUT2D eigenvalue weighted by Gasteiger charge is -2.19. The first kappa shape index (κ1) is 21.2. The van der Waals surface area contributed by atoms with E-state index < -0.39 is 0 Å². The normalized spacial score (nSPS) is 11.7. The summed E-state index contributed by atoms with van der Waals surface area (Å²) in [5, 5.41) is 6.92. The molecule has 0 aliphatic rings. The molecule has 3 rings (SSSR count). The van der Waals surface area contributed by atoms with Crippen molar-refractivity contribution >= 4 is 5.91 Å². The summed E-state index contributed by atoms with van der Waals surface area (Å²) >= 11 is 0. The topological polar surface area (TPSA) is 82.8 Å². The summed E-state index contributed by atoms with van der Waals surface area (Å²) in [5.74, 6) is 1.07. The van der Waals surface area contributed by atoms with Gasteiger partial charge in [-0.15, -0.1) is 0 Å². The predicted octanol–water partition coefficient (Wildman–Crippen LogP) is 4.31. The van der Waals surface area contributed by atoms with Crippen molar-refractivity contribution in [2.24, 2.45) is 0 Å². The highest BCUT2D eigenvalue weighted by Crippen LogP contribution is 2.39. The molecule has 2 aromatic carbocycles. The number of aryl methyl sites for hydroxylation is 1. The van der Waals surface area contributed by atoms with E-state index in [2.05, 4.69) is 10.5 Å². The molecule has 1 heterocycles. The number of amides is 1. The average Bonchev–Trinajstić information content (AvgIpc) is 3.14. The Hall–Kier alpha value is -3.55. The molecule has 0 unspecified atom stereocenters. The highest BCUT2D eigenvalue weighted by atomic mass is 19.1. The number of halogens is 1. The van der Waals surface area contributed by atoms with E-state index in [1.54, 1.807) is 31.2 Å². The Kier molecular flexibility index (Phi) is 6.25. The second kappa shape index (κ2) is 8.86. The number of carbonyl (C=O) groups is 1. The van der Waals surface area contributed by atoms with Crippen LogP contribution in [0.1, 0.15) is 34.6 Å². The Morgan fingerprint density at radius 1 is 1.07 bits per heavy atom. The fourth-order valence-corrected chi connectivity index (χ4v) is 3.15. The smallest absolute Gasteiger partial charge is 0.257 e. The van der Waals surface area contributed by atoms with Crippen LogP contribution in [0.5, 0.6) is 17.2 Å². The maximum Gasteiger partial charge on any atom is 0.257 e. The molecule has 0 fully saturated rings. The first-order valence-corrected chi connectivity index (χ1v) is 9.22. The van der Waals surface area contributed by atoms with E-state index in [4.69, 9.17) is 18.7 Å². The molecule has 1 aromatic heterocycles. The standard InChI is InChI=1S/C22H23FN2O5/c1-12(15-10-17(27-3)21(29-5)18(11-15)28-4)24-22(26)19-13(2)30-25-20(19)14-6-8-16(23)9-7-14/h6-12H,1-5H3,(H,24,26)/t12-/m0/s1. The van der Waals surface area contributed by atoms with Gasteiger partial charge in [-0.05, 0) is 55.8 Å². The van der Waals surface area contributed by atoms with Crippen LogP contribution in [0.3, 0.4) is 0 Å². The minimum absolute atomic E-state index is 0.292. The second-order valence-corrected chi connectivity index (χ2v) is 6.62.